The largest absolute Gasteiger partial charge is 0.245 e. The summed E-state index contributed by atoms with van der Waals surface area (Å²) < 4.78 is 0. The predicted octanol–water partition coefficient (Wildman–Crippen LogP) is -1.84. The number of hydrogen-bond donors (Lipinski definition) is 0. The second-order valence-electron chi connectivity index (χ2n) is 6.63. The Morgan fingerprint density at radius 3 is 0.966 bits per heavy atom. The Hall–Kier alpha value is -3.28. The summed E-state index contributed by atoms with van der Waals surface area (Å²) in [6, 6.07) is 0. The van der Waals surface area contributed by atoms with E-state index in [9.17, 15) is 40.5 Å². The number of nitrogens with zero attached hydrogens (tertiary/aromatic N) is 10. The van der Waals surface area contributed by atoms with Gasteiger partial charge in [-0.05, 0) is 12.8 Å². The van der Waals surface area contributed by atoms with Crippen LogP contribution in [0.5, 0.6) is 0 Å². The highest BCUT2D eigenvalue weighted by Gasteiger charge is 2.32. The molecule has 18 nitrogen and oxygen atoms in total. The molecule has 18 heteroatoms. The zero-order valence-corrected chi connectivity index (χ0v) is 15.5. The Bertz CT molecular complexity index is 537. The average molecular weight is 422 g/mol. The van der Waals surface area contributed by atoms with Gasteiger partial charge in [-0.25, -0.2) is 50.3 Å². The van der Waals surface area contributed by atoms with Gasteiger partial charge in [-0.3, -0.25) is 0 Å². The van der Waals surface area contributed by atoms with Crippen molar-refractivity contribution in [2.24, 2.45) is 0 Å². The fraction of sp³-hybridized carbons (Fsp3) is 1.00. The van der Waals surface area contributed by atoms with Gasteiger partial charge in [0.15, 0.2) is 20.1 Å². The van der Waals surface area contributed by atoms with E-state index >= 15 is 0 Å². The third kappa shape index (κ3) is 6.38. The summed E-state index contributed by atoms with van der Waals surface area (Å²) in [6.07, 6.45) is 0.424. The van der Waals surface area contributed by atoms with Crippen LogP contribution in [0.4, 0.5) is 0 Å². The lowest BCUT2D eigenvalue weighted by Crippen LogP contribution is -2.57. The molecule has 2 saturated heterocycles. The third-order valence-corrected chi connectivity index (χ3v) is 4.44. The van der Waals surface area contributed by atoms with Crippen LogP contribution >= 0.6 is 0 Å². The summed E-state index contributed by atoms with van der Waals surface area (Å²) in [4.78, 5) is 47.5. The Labute approximate surface area is 163 Å². The van der Waals surface area contributed by atoms with E-state index < -0.39 is 20.1 Å². The van der Waals surface area contributed by atoms with Crippen molar-refractivity contribution in [3.8, 4) is 0 Å². The quantitative estimate of drug-likeness (QED) is 0.342. The van der Waals surface area contributed by atoms with Crippen molar-refractivity contribution in [2.75, 3.05) is 59.5 Å². The molecule has 0 N–H and O–H groups in total. The van der Waals surface area contributed by atoms with Crippen molar-refractivity contribution >= 4 is 0 Å². The SMILES string of the molecule is O=[N+]([O-])N1CCCN([N+](=O)[O-])CN(CN2CN([N+](=O)[O-])CCCN([N+](=O)[O-])C2)C1. The molecule has 2 heterocycles. The highest BCUT2D eigenvalue weighted by atomic mass is 16.7. The van der Waals surface area contributed by atoms with Gasteiger partial charge in [0.05, 0.1) is 32.8 Å². The molecule has 0 aliphatic carbocycles. The first-order valence-corrected chi connectivity index (χ1v) is 8.69. The second kappa shape index (κ2) is 9.78. The minimum atomic E-state index is -0.616. The highest BCUT2D eigenvalue weighted by Crippen LogP contribution is 2.11. The van der Waals surface area contributed by atoms with Gasteiger partial charge in [0, 0.05) is 0 Å². The summed E-state index contributed by atoms with van der Waals surface area (Å²) >= 11 is 0. The molecular formula is C11H22N10O8. The number of hydrogen-bond acceptors (Lipinski definition) is 10. The zero-order valence-electron chi connectivity index (χ0n) is 15.5. The maximum atomic E-state index is 11.2. The van der Waals surface area contributed by atoms with Crippen LogP contribution in [0.1, 0.15) is 12.8 Å². The minimum absolute atomic E-state index is 0.0180. The van der Waals surface area contributed by atoms with Crippen LogP contribution in [-0.4, -0.2) is 109 Å². The molecule has 0 atom stereocenters. The summed E-state index contributed by atoms with van der Waals surface area (Å²) in [5.41, 5.74) is 0. The van der Waals surface area contributed by atoms with Crippen molar-refractivity contribution in [1.29, 1.82) is 0 Å². The van der Waals surface area contributed by atoms with E-state index in [2.05, 4.69) is 0 Å². The molecule has 0 aromatic carbocycles. The second-order valence-corrected chi connectivity index (χ2v) is 6.63. The van der Waals surface area contributed by atoms with Gasteiger partial charge in [0.2, 0.25) is 0 Å². The lowest BCUT2D eigenvalue weighted by Gasteiger charge is -2.36. The normalized spacial score (nSPS) is 20.4. The molecule has 0 aromatic heterocycles. The number of rotatable bonds is 6. The summed E-state index contributed by atoms with van der Waals surface area (Å²) in [7, 11) is 0. The average Bonchev–Trinajstić information content (AvgIpc) is 2.57. The lowest BCUT2D eigenvalue weighted by atomic mass is 10.4. The van der Waals surface area contributed by atoms with Gasteiger partial charge in [-0.1, -0.05) is 0 Å². The Kier molecular flexibility index (Phi) is 7.42. The maximum absolute atomic E-state index is 11.2. The van der Waals surface area contributed by atoms with Crippen LogP contribution in [0, 0.1) is 40.5 Å². The summed E-state index contributed by atoms with van der Waals surface area (Å²) in [5.74, 6) is 0. The summed E-state index contributed by atoms with van der Waals surface area (Å²) in [5, 5.41) is 45.9. The van der Waals surface area contributed by atoms with Crippen molar-refractivity contribution in [2.45, 2.75) is 12.8 Å². The summed E-state index contributed by atoms with van der Waals surface area (Å²) in [6.45, 7) is -1.34. The van der Waals surface area contributed by atoms with Crippen LogP contribution in [0.3, 0.4) is 0 Å². The number of hydrazine groups is 4. The number of nitro groups is 4. The predicted molar refractivity (Wildman–Crippen MR) is 92.0 cm³/mol. The Morgan fingerprint density at radius 1 is 0.517 bits per heavy atom. The molecule has 0 amide bonds. The van der Waals surface area contributed by atoms with Gasteiger partial charge in [-0.15, -0.1) is 20.0 Å². The third-order valence-electron chi connectivity index (χ3n) is 4.44. The first-order valence-electron chi connectivity index (χ1n) is 8.69. The maximum Gasteiger partial charge on any atom is 0.161 e. The van der Waals surface area contributed by atoms with Crippen molar-refractivity contribution in [3.63, 3.8) is 0 Å². The molecule has 2 rings (SSSR count). The molecule has 164 valence electrons. The highest BCUT2D eigenvalue weighted by molar-refractivity contribution is 4.65. The minimum Gasteiger partial charge on any atom is -0.245 e. The van der Waals surface area contributed by atoms with E-state index in [1.54, 1.807) is 0 Å². The van der Waals surface area contributed by atoms with E-state index in [1.165, 1.54) is 9.80 Å². The molecule has 2 aliphatic heterocycles. The van der Waals surface area contributed by atoms with Crippen LogP contribution in [0.2, 0.25) is 0 Å². The van der Waals surface area contributed by atoms with E-state index in [4.69, 9.17) is 0 Å². The molecule has 0 aromatic rings. The van der Waals surface area contributed by atoms with E-state index in [0.29, 0.717) is 0 Å². The first kappa shape index (κ1) is 22.0. The van der Waals surface area contributed by atoms with Gasteiger partial charge >= 0.3 is 0 Å². The van der Waals surface area contributed by atoms with Crippen LogP contribution in [0.15, 0.2) is 0 Å². The van der Waals surface area contributed by atoms with Crippen molar-refractivity contribution < 1.29 is 20.1 Å². The van der Waals surface area contributed by atoms with Crippen LogP contribution in [0.25, 0.3) is 0 Å². The standard InChI is InChI=1S/C11H22N10O8/c22-18(23)14-3-1-4-15(19(24)25)9-12(8-14)7-13-10-16(20(26)27)5-2-6-17(11-13)21(28)29/h1-11H2. The fourth-order valence-corrected chi connectivity index (χ4v) is 3.16. The monoisotopic (exact) mass is 422 g/mol. The fourth-order valence-electron chi connectivity index (χ4n) is 3.16. The molecule has 2 fully saturated rings. The van der Waals surface area contributed by atoms with E-state index in [-0.39, 0.29) is 72.4 Å². The van der Waals surface area contributed by atoms with Crippen molar-refractivity contribution in [1.82, 2.24) is 29.8 Å². The molecule has 0 saturated carbocycles. The van der Waals surface area contributed by atoms with Gasteiger partial charge in [-0.2, -0.15) is 0 Å². The molecule has 0 spiro atoms. The molecule has 0 radical (unpaired) electrons. The lowest BCUT2D eigenvalue weighted by molar-refractivity contribution is -0.681. The van der Waals surface area contributed by atoms with Gasteiger partial charge in [0.1, 0.15) is 26.7 Å². The molecule has 29 heavy (non-hydrogen) atoms. The zero-order chi connectivity index (χ0) is 21.6. The Morgan fingerprint density at radius 2 is 0.759 bits per heavy atom. The Balaban J connectivity index is 2.18. The van der Waals surface area contributed by atoms with Crippen molar-refractivity contribution in [3.05, 3.63) is 40.5 Å². The van der Waals surface area contributed by atoms with E-state index in [0.717, 1.165) is 20.0 Å². The van der Waals surface area contributed by atoms with Gasteiger partial charge < -0.3 is 0 Å². The molecule has 2 aliphatic rings. The molecular weight excluding hydrogens is 400 g/mol. The molecule has 0 bridgehead atoms. The van der Waals surface area contributed by atoms with E-state index in [1.807, 2.05) is 0 Å². The molecule has 0 unspecified atom stereocenters. The topological polar surface area (TPSA) is 192 Å². The van der Waals surface area contributed by atoms with Gasteiger partial charge in [0.25, 0.3) is 0 Å². The van der Waals surface area contributed by atoms with Crippen LogP contribution in [-0.2, 0) is 0 Å². The smallest absolute Gasteiger partial charge is 0.161 e. The first-order chi connectivity index (χ1) is 13.7. The van der Waals surface area contributed by atoms with Crippen LogP contribution < -0.4 is 0 Å².